The van der Waals surface area contributed by atoms with Crippen LogP contribution in [-0.2, 0) is 21.2 Å². The Kier molecular flexibility index (Phi) is 3.33. The van der Waals surface area contributed by atoms with Gasteiger partial charge in [0.2, 0.25) is 6.08 Å². The van der Waals surface area contributed by atoms with Crippen LogP contribution in [0.15, 0.2) is 58.4 Å². The van der Waals surface area contributed by atoms with E-state index in [0.29, 0.717) is 18.7 Å². The summed E-state index contributed by atoms with van der Waals surface area (Å²) >= 11 is 0. The first-order chi connectivity index (χ1) is 10.1. The molecular formula is C15H12N2O3S. The van der Waals surface area contributed by atoms with E-state index >= 15 is 0 Å². The molecule has 0 radical (unpaired) electrons. The molecule has 0 saturated heterocycles. The number of rotatable bonds is 3. The third-order valence-electron chi connectivity index (χ3n) is 3.44. The van der Waals surface area contributed by atoms with Crippen molar-refractivity contribution in [3.63, 3.8) is 0 Å². The Balaban J connectivity index is 2.00. The van der Waals surface area contributed by atoms with Crippen molar-refractivity contribution in [2.24, 2.45) is 4.99 Å². The van der Waals surface area contributed by atoms with Gasteiger partial charge in [0.1, 0.15) is 0 Å². The predicted molar refractivity (Wildman–Crippen MR) is 78.9 cm³/mol. The Hall–Kier alpha value is -2.43. The molecule has 0 N–H and O–H groups in total. The van der Waals surface area contributed by atoms with Gasteiger partial charge in [-0.3, -0.25) is 4.31 Å². The van der Waals surface area contributed by atoms with Gasteiger partial charge in [0.15, 0.2) is 0 Å². The molecular weight excluding hydrogens is 288 g/mol. The lowest BCUT2D eigenvalue weighted by molar-refractivity contribution is 0.565. The maximum atomic E-state index is 12.7. The van der Waals surface area contributed by atoms with Gasteiger partial charge in [0.25, 0.3) is 10.0 Å². The number of para-hydroxylation sites is 1. The number of hydrogen-bond donors (Lipinski definition) is 0. The fourth-order valence-corrected chi connectivity index (χ4v) is 3.93. The SMILES string of the molecule is O=C=Nc1ccc(S(=O)(=O)N2CCc3ccccc32)cc1. The van der Waals surface area contributed by atoms with Gasteiger partial charge in [-0.25, -0.2) is 13.2 Å². The smallest absolute Gasteiger partial charge is 0.264 e. The summed E-state index contributed by atoms with van der Waals surface area (Å²) in [5.74, 6) is 0. The van der Waals surface area contributed by atoms with Crippen molar-refractivity contribution in [3.8, 4) is 0 Å². The van der Waals surface area contributed by atoms with Crippen LogP contribution in [0.3, 0.4) is 0 Å². The normalized spacial score (nSPS) is 13.6. The highest BCUT2D eigenvalue weighted by Crippen LogP contribution is 2.32. The molecule has 0 unspecified atom stereocenters. The maximum Gasteiger partial charge on any atom is 0.264 e. The Labute approximate surface area is 122 Å². The Morgan fingerprint density at radius 1 is 1.05 bits per heavy atom. The standard InChI is InChI=1S/C15H12N2O3S/c18-11-16-13-5-7-14(8-6-13)21(19,20)17-10-9-12-3-1-2-4-15(12)17/h1-8H,9-10H2. The molecule has 106 valence electrons. The van der Waals surface area contributed by atoms with E-state index in [2.05, 4.69) is 4.99 Å². The molecule has 1 heterocycles. The molecule has 1 aliphatic rings. The number of hydrogen-bond acceptors (Lipinski definition) is 4. The molecule has 2 aromatic rings. The maximum absolute atomic E-state index is 12.7. The number of isocyanates is 1. The van der Waals surface area contributed by atoms with Crippen molar-refractivity contribution in [2.75, 3.05) is 10.8 Å². The first kappa shape index (κ1) is 13.5. The zero-order valence-corrected chi connectivity index (χ0v) is 11.9. The largest absolute Gasteiger partial charge is 0.266 e. The van der Waals surface area contributed by atoms with E-state index in [-0.39, 0.29) is 4.90 Å². The van der Waals surface area contributed by atoms with Gasteiger partial charge in [-0.05, 0) is 42.3 Å². The summed E-state index contributed by atoms with van der Waals surface area (Å²) in [4.78, 5) is 13.8. The quantitative estimate of drug-likeness (QED) is 0.646. The fraction of sp³-hybridized carbons (Fsp3) is 0.133. The van der Waals surface area contributed by atoms with E-state index < -0.39 is 10.0 Å². The van der Waals surface area contributed by atoms with Crippen LogP contribution in [0.5, 0.6) is 0 Å². The summed E-state index contributed by atoms with van der Waals surface area (Å²) in [5.41, 5.74) is 2.14. The van der Waals surface area contributed by atoms with Crippen LogP contribution in [0.25, 0.3) is 0 Å². The van der Waals surface area contributed by atoms with Crippen molar-refractivity contribution in [2.45, 2.75) is 11.3 Å². The number of fused-ring (bicyclic) bond motifs is 1. The number of sulfonamides is 1. The number of benzene rings is 2. The second-order valence-electron chi connectivity index (χ2n) is 4.65. The molecule has 0 saturated carbocycles. The lowest BCUT2D eigenvalue weighted by Crippen LogP contribution is -2.29. The van der Waals surface area contributed by atoms with Crippen molar-refractivity contribution in [1.82, 2.24) is 0 Å². The van der Waals surface area contributed by atoms with Crippen LogP contribution >= 0.6 is 0 Å². The Bertz CT molecular complexity index is 822. The van der Waals surface area contributed by atoms with Crippen LogP contribution in [0.1, 0.15) is 5.56 Å². The van der Waals surface area contributed by atoms with Crippen LogP contribution in [0.4, 0.5) is 11.4 Å². The summed E-state index contributed by atoms with van der Waals surface area (Å²) in [6, 6.07) is 13.4. The zero-order chi connectivity index (χ0) is 14.9. The Morgan fingerprint density at radius 2 is 1.76 bits per heavy atom. The predicted octanol–water partition coefficient (Wildman–Crippen LogP) is 2.41. The summed E-state index contributed by atoms with van der Waals surface area (Å²) in [6.07, 6.45) is 2.14. The van der Waals surface area contributed by atoms with Gasteiger partial charge >= 0.3 is 0 Å². The first-order valence-corrected chi connectivity index (χ1v) is 7.85. The van der Waals surface area contributed by atoms with E-state index in [0.717, 1.165) is 11.3 Å². The average molecular weight is 300 g/mol. The average Bonchev–Trinajstić information content (AvgIpc) is 2.93. The van der Waals surface area contributed by atoms with E-state index in [1.54, 1.807) is 0 Å². The van der Waals surface area contributed by atoms with Gasteiger partial charge in [-0.2, -0.15) is 4.99 Å². The molecule has 0 aromatic heterocycles. The van der Waals surface area contributed by atoms with Gasteiger partial charge in [0, 0.05) is 6.54 Å². The highest BCUT2D eigenvalue weighted by atomic mass is 32.2. The fourth-order valence-electron chi connectivity index (χ4n) is 2.43. The van der Waals surface area contributed by atoms with Crippen molar-refractivity contribution in [1.29, 1.82) is 0 Å². The Morgan fingerprint density at radius 3 is 2.48 bits per heavy atom. The van der Waals surface area contributed by atoms with Crippen molar-refractivity contribution in [3.05, 3.63) is 54.1 Å². The molecule has 2 aromatic carbocycles. The van der Waals surface area contributed by atoms with E-state index in [1.807, 2.05) is 24.3 Å². The molecule has 6 heteroatoms. The molecule has 0 amide bonds. The molecule has 0 aliphatic carbocycles. The molecule has 0 fully saturated rings. The van der Waals surface area contributed by atoms with Crippen LogP contribution in [0, 0.1) is 0 Å². The van der Waals surface area contributed by atoms with Crippen molar-refractivity contribution >= 4 is 27.5 Å². The molecule has 0 spiro atoms. The summed E-state index contributed by atoms with van der Waals surface area (Å²) in [5, 5.41) is 0. The number of aliphatic imine (C=N–C) groups is 1. The van der Waals surface area contributed by atoms with E-state index in [4.69, 9.17) is 0 Å². The highest BCUT2D eigenvalue weighted by molar-refractivity contribution is 7.92. The van der Waals surface area contributed by atoms with E-state index in [9.17, 15) is 13.2 Å². The monoisotopic (exact) mass is 300 g/mol. The minimum atomic E-state index is -3.59. The lowest BCUT2D eigenvalue weighted by atomic mass is 10.2. The summed E-state index contributed by atoms with van der Waals surface area (Å²) in [7, 11) is -3.59. The van der Waals surface area contributed by atoms with Gasteiger partial charge in [-0.15, -0.1) is 0 Å². The highest BCUT2D eigenvalue weighted by Gasteiger charge is 2.30. The summed E-state index contributed by atoms with van der Waals surface area (Å²) < 4.78 is 26.8. The van der Waals surface area contributed by atoms with Crippen LogP contribution in [-0.4, -0.2) is 21.0 Å². The summed E-state index contributed by atoms with van der Waals surface area (Å²) in [6.45, 7) is 0.440. The van der Waals surface area contributed by atoms with Gasteiger partial charge in [0.05, 0.1) is 16.3 Å². The third-order valence-corrected chi connectivity index (χ3v) is 5.27. The van der Waals surface area contributed by atoms with Gasteiger partial charge < -0.3 is 0 Å². The topological polar surface area (TPSA) is 66.8 Å². The number of carbonyl (C=O) groups excluding carboxylic acids is 1. The minimum Gasteiger partial charge on any atom is -0.266 e. The molecule has 21 heavy (non-hydrogen) atoms. The number of nitrogens with zero attached hydrogens (tertiary/aromatic N) is 2. The molecule has 3 rings (SSSR count). The molecule has 5 nitrogen and oxygen atoms in total. The number of anilines is 1. The zero-order valence-electron chi connectivity index (χ0n) is 11.1. The minimum absolute atomic E-state index is 0.184. The first-order valence-electron chi connectivity index (χ1n) is 6.41. The second kappa shape index (κ2) is 5.16. The molecule has 0 bridgehead atoms. The molecule has 1 aliphatic heterocycles. The van der Waals surface area contributed by atoms with Crippen LogP contribution < -0.4 is 4.31 Å². The third kappa shape index (κ3) is 2.35. The lowest BCUT2D eigenvalue weighted by Gasteiger charge is -2.19. The molecule has 0 atom stereocenters. The van der Waals surface area contributed by atoms with Crippen molar-refractivity contribution < 1.29 is 13.2 Å². The van der Waals surface area contributed by atoms with Crippen LogP contribution in [0.2, 0.25) is 0 Å². The van der Waals surface area contributed by atoms with E-state index in [1.165, 1.54) is 34.7 Å². The second-order valence-corrected chi connectivity index (χ2v) is 6.52. The van der Waals surface area contributed by atoms with Gasteiger partial charge in [-0.1, -0.05) is 18.2 Å².